The van der Waals surface area contributed by atoms with Gasteiger partial charge in [-0.2, -0.15) is 0 Å². The van der Waals surface area contributed by atoms with Crippen LogP contribution in [0.1, 0.15) is 30.4 Å². The van der Waals surface area contributed by atoms with E-state index in [4.69, 9.17) is 5.73 Å². The van der Waals surface area contributed by atoms with Crippen LogP contribution in [0.25, 0.3) is 0 Å². The molecule has 0 saturated heterocycles. The molecule has 2 atom stereocenters. The van der Waals surface area contributed by atoms with Crippen molar-refractivity contribution in [1.82, 2.24) is 4.90 Å². The van der Waals surface area contributed by atoms with Crippen LogP contribution in [-0.2, 0) is 4.79 Å². The topological polar surface area (TPSA) is 58.4 Å². The van der Waals surface area contributed by atoms with E-state index in [1.165, 1.54) is 18.4 Å². The van der Waals surface area contributed by atoms with E-state index in [0.29, 0.717) is 25.0 Å². The van der Waals surface area contributed by atoms with Gasteiger partial charge in [-0.15, -0.1) is 0 Å². The van der Waals surface area contributed by atoms with Crippen LogP contribution in [0, 0.1) is 19.8 Å². The summed E-state index contributed by atoms with van der Waals surface area (Å²) < 4.78 is 0. The Morgan fingerprint density at radius 3 is 2.81 bits per heavy atom. The number of aryl methyl sites for hydroxylation is 2. The molecule has 1 amide bonds. The second kappa shape index (κ2) is 7.05. The van der Waals surface area contributed by atoms with E-state index >= 15 is 0 Å². The molecule has 1 fully saturated rings. The smallest absolute Gasteiger partial charge is 0.238 e. The van der Waals surface area contributed by atoms with Gasteiger partial charge in [0.1, 0.15) is 0 Å². The van der Waals surface area contributed by atoms with Gasteiger partial charge in [0.2, 0.25) is 5.91 Å². The van der Waals surface area contributed by atoms with E-state index in [-0.39, 0.29) is 5.91 Å². The van der Waals surface area contributed by atoms with Crippen molar-refractivity contribution in [2.45, 2.75) is 39.2 Å². The van der Waals surface area contributed by atoms with E-state index in [1.54, 1.807) is 0 Å². The highest BCUT2D eigenvalue weighted by molar-refractivity contribution is 5.93. The third kappa shape index (κ3) is 4.05. The Balaban J connectivity index is 1.92. The molecule has 1 aromatic carbocycles. The predicted molar refractivity (Wildman–Crippen MR) is 87.4 cm³/mol. The number of amides is 1. The third-order valence-corrected chi connectivity index (χ3v) is 4.54. The first-order valence-corrected chi connectivity index (χ1v) is 7.78. The van der Waals surface area contributed by atoms with Gasteiger partial charge in [-0.3, -0.25) is 9.69 Å². The highest BCUT2D eigenvalue weighted by Gasteiger charge is 2.30. The molecule has 0 aliphatic heterocycles. The zero-order valence-electron chi connectivity index (χ0n) is 13.4. The number of benzene rings is 1. The van der Waals surface area contributed by atoms with Crippen molar-refractivity contribution in [3.63, 3.8) is 0 Å². The Labute approximate surface area is 127 Å². The average Bonchev–Trinajstić information content (AvgIpc) is 2.90. The second-order valence-corrected chi connectivity index (χ2v) is 6.28. The van der Waals surface area contributed by atoms with Gasteiger partial charge in [-0.1, -0.05) is 24.1 Å². The summed E-state index contributed by atoms with van der Waals surface area (Å²) in [4.78, 5) is 14.4. The number of anilines is 1. The van der Waals surface area contributed by atoms with Gasteiger partial charge in [0.05, 0.1) is 6.54 Å². The fourth-order valence-electron chi connectivity index (χ4n) is 3.36. The largest absolute Gasteiger partial charge is 0.330 e. The molecule has 1 aliphatic rings. The molecule has 2 unspecified atom stereocenters. The van der Waals surface area contributed by atoms with Crippen molar-refractivity contribution < 1.29 is 4.79 Å². The standard InChI is InChI=1S/C17H27N3O/c1-12-7-8-15(13(2)9-12)19-17(21)11-20(3)16-6-4-5-14(16)10-18/h7-9,14,16H,4-6,10-11,18H2,1-3H3,(H,19,21). The van der Waals surface area contributed by atoms with Crippen molar-refractivity contribution in [1.29, 1.82) is 0 Å². The molecular formula is C17H27N3O. The van der Waals surface area contributed by atoms with Gasteiger partial charge < -0.3 is 11.1 Å². The molecule has 0 spiro atoms. The van der Waals surface area contributed by atoms with Crippen LogP contribution in [0.3, 0.4) is 0 Å². The number of rotatable bonds is 5. The first-order chi connectivity index (χ1) is 10.0. The minimum atomic E-state index is 0.0483. The number of hydrogen-bond donors (Lipinski definition) is 2. The minimum absolute atomic E-state index is 0.0483. The van der Waals surface area contributed by atoms with Crippen LogP contribution in [0.5, 0.6) is 0 Å². The molecule has 116 valence electrons. The average molecular weight is 289 g/mol. The first-order valence-electron chi connectivity index (χ1n) is 7.78. The molecule has 1 aromatic rings. The van der Waals surface area contributed by atoms with Crippen LogP contribution < -0.4 is 11.1 Å². The molecule has 1 aliphatic carbocycles. The maximum Gasteiger partial charge on any atom is 0.238 e. The predicted octanol–water partition coefficient (Wildman–Crippen LogP) is 2.30. The third-order valence-electron chi connectivity index (χ3n) is 4.54. The van der Waals surface area contributed by atoms with Crippen LogP contribution in [-0.4, -0.2) is 37.0 Å². The Morgan fingerprint density at radius 2 is 2.14 bits per heavy atom. The molecule has 3 N–H and O–H groups in total. The van der Waals surface area contributed by atoms with E-state index in [9.17, 15) is 4.79 Å². The highest BCUT2D eigenvalue weighted by Crippen LogP contribution is 2.28. The van der Waals surface area contributed by atoms with E-state index in [0.717, 1.165) is 17.7 Å². The van der Waals surface area contributed by atoms with Gasteiger partial charge in [-0.05, 0) is 57.8 Å². The summed E-state index contributed by atoms with van der Waals surface area (Å²) in [5.41, 5.74) is 9.04. The second-order valence-electron chi connectivity index (χ2n) is 6.28. The van der Waals surface area contributed by atoms with Crippen molar-refractivity contribution in [3.8, 4) is 0 Å². The molecule has 0 radical (unpaired) electrons. The summed E-state index contributed by atoms with van der Waals surface area (Å²) in [5, 5.41) is 3.01. The summed E-state index contributed by atoms with van der Waals surface area (Å²) >= 11 is 0. The van der Waals surface area contributed by atoms with Crippen LogP contribution in [0.2, 0.25) is 0 Å². The molecular weight excluding hydrogens is 262 g/mol. The number of likely N-dealkylation sites (N-methyl/N-ethyl adjacent to an activating group) is 1. The Kier molecular flexibility index (Phi) is 5.37. The Morgan fingerprint density at radius 1 is 1.38 bits per heavy atom. The zero-order valence-corrected chi connectivity index (χ0v) is 13.4. The normalized spacial score (nSPS) is 21.8. The number of nitrogens with two attached hydrogens (primary N) is 1. The SMILES string of the molecule is Cc1ccc(NC(=O)CN(C)C2CCCC2CN)c(C)c1. The first kappa shape index (κ1) is 16.0. The molecule has 4 heteroatoms. The lowest BCUT2D eigenvalue weighted by Crippen LogP contribution is -2.41. The molecule has 0 heterocycles. The molecule has 0 bridgehead atoms. The van der Waals surface area contributed by atoms with Crippen molar-refractivity contribution >= 4 is 11.6 Å². The van der Waals surface area contributed by atoms with Gasteiger partial charge in [0.25, 0.3) is 0 Å². The molecule has 21 heavy (non-hydrogen) atoms. The molecule has 2 rings (SSSR count). The maximum absolute atomic E-state index is 12.2. The number of nitrogens with one attached hydrogen (secondary N) is 1. The van der Waals surface area contributed by atoms with Crippen molar-refractivity contribution in [2.24, 2.45) is 11.7 Å². The molecule has 4 nitrogen and oxygen atoms in total. The summed E-state index contributed by atoms with van der Waals surface area (Å²) in [6.45, 7) is 5.22. The Hall–Kier alpha value is -1.39. The highest BCUT2D eigenvalue weighted by atomic mass is 16.2. The fraction of sp³-hybridized carbons (Fsp3) is 0.588. The van der Waals surface area contributed by atoms with Gasteiger partial charge in [0.15, 0.2) is 0 Å². The summed E-state index contributed by atoms with van der Waals surface area (Å²) in [6, 6.07) is 6.52. The fourth-order valence-corrected chi connectivity index (χ4v) is 3.36. The minimum Gasteiger partial charge on any atom is -0.330 e. The number of hydrogen-bond acceptors (Lipinski definition) is 3. The number of carbonyl (C=O) groups excluding carboxylic acids is 1. The van der Waals surface area contributed by atoms with E-state index < -0.39 is 0 Å². The van der Waals surface area contributed by atoms with Crippen LogP contribution >= 0.6 is 0 Å². The van der Waals surface area contributed by atoms with Gasteiger partial charge >= 0.3 is 0 Å². The van der Waals surface area contributed by atoms with E-state index in [2.05, 4.69) is 23.2 Å². The Bertz CT molecular complexity index is 501. The molecule has 0 aromatic heterocycles. The number of nitrogens with zero attached hydrogens (tertiary/aromatic N) is 1. The summed E-state index contributed by atoms with van der Waals surface area (Å²) in [6.07, 6.45) is 3.55. The lowest BCUT2D eigenvalue weighted by Gasteiger charge is -2.28. The van der Waals surface area contributed by atoms with Crippen molar-refractivity contribution in [2.75, 3.05) is 25.5 Å². The van der Waals surface area contributed by atoms with Gasteiger partial charge in [-0.25, -0.2) is 0 Å². The lowest BCUT2D eigenvalue weighted by atomic mass is 10.0. The van der Waals surface area contributed by atoms with Gasteiger partial charge in [0, 0.05) is 11.7 Å². The monoisotopic (exact) mass is 289 g/mol. The van der Waals surface area contributed by atoms with E-state index in [1.807, 2.05) is 26.1 Å². The van der Waals surface area contributed by atoms with Crippen molar-refractivity contribution in [3.05, 3.63) is 29.3 Å². The van der Waals surface area contributed by atoms with Crippen LogP contribution in [0.15, 0.2) is 18.2 Å². The summed E-state index contributed by atoms with van der Waals surface area (Å²) in [5.74, 6) is 0.580. The lowest BCUT2D eigenvalue weighted by molar-refractivity contribution is -0.117. The zero-order chi connectivity index (χ0) is 15.4. The molecule has 1 saturated carbocycles. The quantitative estimate of drug-likeness (QED) is 0.874. The van der Waals surface area contributed by atoms with Crippen LogP contribution in [0.4, 0.5) is 5.69 Å². The number of carbonyl (C=O) groups is 1. The maximum atomic E-state index is 12.2. The summed E-state index contributed by atoms with van der Waals surface area (Å²) in [7, 11) is 2.03.